The molecule has 1 aliphatic heterocycles. The van der Waals surface area contributed by atoms with Gasteiger partial charge in [0.2, 0.25) is 0 Å². The van der Waals surface area contributed by atoms with Crippen LogP contribution in [0.15, 0.2) is 30.3 Å². The van der Waals surface area contributed by atoms with Crippen LogP contribution in [0.4, 0.5) is 0 Å². The van der Waals surface area contributed by atoms with Crippen LogP contribution in [0.1, 0.15) is 18.1 Å². The van der Waals surface area contributed by atoms with Gasteiger partial charge in [-0.1, -0.05) is 24.3 Å². The van der Waals surface area contributed by atoms with Crippen molar-refractivity contribution in [1.29, 1.82) is 0 Å². The van der Waals surface area contributed by atoms with Gasteiger partial charge in [0, 0.05) is 11.6 Å². The van der Waals surface area contributed by atoms with Crippen molar-refractivity contribution in [2.45, 2.75) is 20.0 Å². The van der Waals surface area contributed by atoms with Crippen LogP contribution in [-0.2, 0) is 9.53 Å². The Hall–Kier alpha value is -1.57. The summed E-state index contributed by atoms with van der Waals surface area (Å²) >= 11 is 0. The molecule has 1 atom stereocenters. The van der Waals surface area contributed by atoms with Crippen LogP contribution >= 0.6 is 0 Å². The predicted octanol–water partition coefficient (Wildman–Crippen LogP) is 2.32. The summed E-state index contributed by atoms with van der Waals surface area (Å²) in [5.41, 5.74) is 3.25. The highest BCUT2D eigenvalue weighted by molar-refractivity contribution is 5.97. The van der Waals surface area contributed by atoms with Gasteiger partial charge < -0.3 is 4.74 Å². The SMILES string of the molecule is Cc1ccccc1C1=CC(=O)OC1C. The lowest BCUT2D eigenvalue weighted by Crippen LogP contribution is -2.06. The summed E-state index contributed by atoms with van der Waals surface area (Å²) < 4.78 is 5.05. The van der Waals surface area contributed by atoms with Crippen molar-refractivity contribution in [1.82, 2.24) is 0 Å². The fraction of sp³-hybridized carbons (Fsp3) is 0.250. The smallest absolute Gasteiger partial charge is 0.331 e. The molecule has 72 valence electrons. The Labute approximate surface area is 83.2 Å². The first-order valence-corrected chi connectivity index (χ1v) is 4.66. The molecule has 2 heteroatoms. The lowest BCUT2D eigenvalue weighted by atomic mass is 9.98. The first-order valence-electron chi connectivity index (χ1n) is 4.66. The molecule has 1 unspecified atom stereocenters. The van der Waals surface area contributed by atoms with E-state index >= 15 is 0 Å². The van der Waals surface area contributed by atoms with Crippen LogP contribution in [0.25, 0.3) is 5.57 Å². The predicted molar refractivity (Wildman–Crippen MR) is 54.7 cm³/mol. The van der Waals surface area contributed by atoms with Crippen LogP contribution in [-0.4, -0.2) is 12.1 Å². The number of cyclic esters (lactones) is 1. The van der Waals surface area contributed by atoms with Crippen molar-refractivity contribution in [2.24, 2.45) is 0 Å². The summed E-state index contributed by atoms with van der Waals surface area (Å²) in [6.45, 7) is 3.93. The van der Waals surface area contributed by atoms with E-state index in [4.69, 9.17) is 4.74 Å². The van der Waals surface area contributed by atoms with Gasteiger partial charge in [-0.15, -0.1) is 0 Å². The molecule has 0 saturated heterocycles. The van der Waals surface area contributed by atoms with Gasteiger partial charge in [-0.2, -0.15) is 0 Å². The normalized spacial score (nSPS) is 20.6. The van der Waals surface area contributed by atoms with Gasteiger partial charge in [-0.25, -0.2) is 4.79 Å². The highest BCUT2D eigenvalue weighted by Crippen LogP contribution is 2.27. The zero-order chi connectivity index (χ0) is 10.1. The van der Waals surface area contributed by atoms with Crippen molar-refractivity contribution in [3.8, 4) is 0 Å². The number of benzene rings is 1. The molecule has 0 fully saturated rings. The molecule has 0 N–H and O–H groups in total. The van der Waals surface area contributed by atoms with Crippen LogP contribution in [0.2, 0.25) is 0 Å². The molecule has 0 bridgehead atoms. The Morgan fingerprint density at radius 2 is 2.00 bits per heavy atom. The van der Waals surface area contributed by atoms with Gasteiger partial charge in [0.25, 0.3) is 0 Å². The maximum Gasteiger partial charge on any atom is 0.331 e. The minimum absolute atomic E-state index is 0.122. The standard InChI is InChI=1S/C12H12O2/c1-8-5-3-4-6-10(8)11-7-12(13)14-9(11)2/h3-7,9H,1-2H3. The van der Waals surface area contributed by atoms with Crippen LogP contribution in [0.5, 0.6) is 0 Å². The quantitative estimate of drug-likeness (QED) is 0.632. The molecular weight excluding hydrogens is 176 g/mol. The van der Waals surface area contributed by atoms with Gasteiger partial charge in [0.15, 0.2) is 0 Å². The van der Waals surface area contributed by atoms with E-state index < -0.39 is 0 Å². The number of hydrogen-bond acceptors (Lipinski definition) is 2. The Kier molecular flexibility index (Phi) is 2.12. The van der Waals surface area contributed by atoms with Crippen molar-refractivity contribution in [2.75, 3.05) is 0 Å². The van der Waals surface area contributed by atoms with E-state index in [0.29, 0.717) is 0 Å². The van der Waals surface area contributed by atoms with Crippen molar-refractivity contribution < 1.29 is 9.53 Å². The molecule has 0 amide bonds. The average Bonchev–Trinajstić information content (AvgIpc) is 2.46. The lowest BCUT2D eigenvalue weighted by molar-refractivity contribution is -0.137. The van der Waals surface area contributed by atoms with Gasteiger partial charge in [-0.05, 0) is 25.0 Å². The molecule has 14 heavy (non-hydrogen) atoms. The fourth-order valence-corrected chi connectivity index (χ4v) is 1.71. The number of esters is 1. The summed E-state index contributed by atoms with van der Waals surface area (Å²) in [7, 11) is 0. The molecular formula is C12H12O2. The summed E-state index contributed by atoms with van der Waals surface area (Å²) in [6.07, 6.45) is 1.45. The van der Waals surface area contributed by atoms with Crippen molar-refractivity contribution in [3.63, 3.8) is 0 Å². The second-order valence-corrected chi connectivity index (χ2v) is 3.49. The molecule has 0 aliphatic carbocycles. The van der Waals surface area contributed by atoms with Crippen molar-refractivity contribution in [3.05, 3.63) is 41.5 Å². The monoisotopic (exact) mass is 188 g/mol. The van der Waals surface area contributed by atoms with Gasteiger partial charge in [-0.3, -0.25) is 0 Å². The van der Waals surface area contributed by atoms with Gasteiger partial charge in [0.05, 0.1) is 0 Å². The third kappa shape index (κ3) is 1.43. The van der Waals surface area contributed by atoms with E-state index in [2.05, 4.69) is 0 Å². The summed E-state index contributed by atoms with van der Waals surface area (Å²) in [5.74, 6) is -0.240. The van der Waals surface area contributed by atoms with Gasteiger partial charge in [0.1, 0.15) is 6.10 Å². The molecule has 1 aliphatic rings. The molecule has 0 saturated carbocycles. The maximum atomic E-state index is 11.0. The van der Waals surface area contributed by atoms with Crippen LogP contribution < -0.4 is 0 Å². The summed E-state index contributed by atoms with van der Waals surface area (Å²) in [6, 6.07) is 8.01. The molecule has 2 rings (SSSR count). The summed E-state index contributed by atoms with van der Waals surface area (Å²) in [4.78, 5) is 11.0. The van der Waals surface area contributed by atoms with E-state index in [1.165, 1.54) is 5.56 Å². The minimum Gasteiger partial charge on any atom is -0.455 e. The second kappa shape index (κ2) is 3.29. The van der Waals surface area contributed by atoms with Crippen LogP contribution in [0.3, 0.4) is 0 Å². The summed E-state index contributed by atoms with van der Waals surface area (Å²) in [5, 5.41) is 0. The van der Waals surface area contributed by atoms with E-state index in [0.717, 1.165) is 11.1 Å². The Bertz CT molecular complexity index is 405. The largest absolute Gasteiger partial charge is 0.455 e. The lowest BCUT2D eigenvalue weighted by Gasteiger charge is -2.10. The zero-order valence-corrected chi connectivity index (χ0v) is 8.28. The molecule has 0 radical (unpaired) electrons. The van der Waals surface area contributed by atoms with E-state index in [-0.39, 0.29) is 12.1 Å². The Balaban J connectivity index is 2.46. The second-order valence-electron chi connectivity index (χ2n) is 3.49. The molecule has 1 aromatic carbocycles. The number of rotatable bonds is 1. The third-order valence-corrected chi connectivity index (χ3v) is 2.46. The maximum absolute atomic E-state index is 11.0. The van der Waals surface area contributed by atoms with E-state index in [9.17, 15) is 4.79 Å². The number of aryl methyl sites for hydroxylation is 1. The number of ether oxygens (including phenoxy) is 1. The Morgan fingerprint density at radius 1 is 1.29 bits per heavy atom. The van der Waals surface area contributed by atoms with E-state index in [1.54, 1.807) is 6.08 Å². The average molecular weight is 188 g/mol. The highest BCUT2D eigenvalue weighted by atomic mass is 16.5. The zero-order valence-electron chi connectivity index (χ0n) is 8.28. The first kappa shape index (κ1) is 9.00. The van der Waals surface area contributed by atoms with Crippen molar-refractivity contribution >= 4 is 11.5 Å². The topological polar surface area (TPSA) is 26.3 Å². The van der Waals surface area contributed by atoms with Gasteiger partial charge >= 0.3 is 5.97 Å². The molecule has 2 nitrogen and oxygen atoms in total. The molecule has 0 spiro atoms. The minimum atomic E-state index is -0.240. The number of hydrogen-bond donors (Lipinski definition) is 0. The Morgan fingerprint density at radius 3 is 2.57 bits per heavy atom. The number of carbonyl (C=O) groups excluding carboxylic acids is 1. The molecule has 1 heterocycles. The third-order valence-electron chi connectivity index (χ3n) is 2.46. The molecule has 0 aromatic heterocycles. The highest BCUT2D eigenvalue weighted by Gasteiger charge is 2.23. The molecule has 1 aromatic rings. The van der Waals surface area contributed by atoms with Crippen LogP contribution in [0, 0.1) is 6.92 Å². The fourth-order valence-electron chi connectivity index (χ4n) is 1.71. The number of carbonyl (C=O) groups is 1. The van der Waals surface area contributed by atoms with E-state index in [1.807, 2.05) is 38.1 Å². The first-order chi connectivity index (χ1) is 6.68.